The molecule has 0 aliphatic carbocycles. The van der Waals surface area contributed by atoms with Gasteiger partial charge in [0.05, 0.1) is 40.4 Å². The lowest BCUT2D eigenvalue weighted by Crippen LogP contribution is -2.08. The number of benzene rings is 1. The first-order valence-corrected chi connectivity index (χ1v) is 10.2. The summed E-state index contributed by atoms with van der Waals surface area (Å²) < 4.78 is 35.9. The van der Waals surface area contributed by atoms with Gasteiger partial charge in [0.15, 0.2) is 21.3 Å². The number of hydrogen-bond donors (Lipinski definition) is 0. The number of rotatable bonds is 4. The van der Waals surface area contributed by atoms with Crippen molar-refractivity contribution in [2.75, 3.05) is 13.2 Å². The van der Waals surface area contributed by atoms with Crippen molar-refractivity contribution in [3.8, 4) is 11.5 Å². The van der Waals surface area contributed by atoms with Crippen molar-refractivity contribution in [3.05, 3.63) is 38.8 Å². The summed E-state index contributed by atoms with van der Waals surface area (Å²) in [5.41, 5.74) is 1.17. The molecule has 5 nitrogen and oxygen atoms in total. The first kappa shape index (κ1) is 16.5. The SMILES string of the molecule is Cc1nc(CS(=O)(=O)Cc2cc(Cl)c3c(c2)OCCCO3)cs1. The van der Waals surface area contributed by atoms with E-state index < -0.39 is 9.84 Å². The molecule has 3 rings (SSSR count). The molecule has 1 aliphatic heterocycles. The number of nitrogens with zero attached hydrogens (tertiary/aromatic N) is 1. The van der Waals surface area contributed by atoms with Gasteiger partial charge in [-0.25, -0.2) is 13.4 Å². The summed E-state index contributed by atoms with van der Waals surface area (Å²) in [7, 11) is -3.34. The van der Waals surface area contributed by atoms with E-state index in [2.05, 4.69) is 4.98 Å². The fourth-order valence-corrected chi connectivity index (χ4v) is 4.75. The summed E-state index contributed by atoms with van der Waals surface area (Å²) in [6.07, 6.45) is 0.766. The molecule has 0 fully saturated rings. The highest BCUT2D eigenvalue weighted by Crippen LogP contribution is 2.38. The highest BCUT2D eigenvalue weighted by atomic mass is 35.5. The summed E-state index contributed by atoms with van der Waals surface area (Å²) >= 11 is 7.64. The molecule has 0 atom stereocenters. The zero-order valence-corrected chi connectivity index (χ0v) is 14.9. The quantitative estimate of drug-likeness (QED) is 0.821. The summed E-state index contributed by atoms with van der Waals surface area (Å²) in [6, 6.07) is 3.31. The second kappa shape index (κ2) is 6.67. The van der Waals surface area contributed by atoms with Crippen molar-refractivity contribution in [2.24, 2.45) is 0 Å². The number of ether oxygens (including phenoxy) is 2. The Morgan fingerprint density at radius 1 is 1.26 bits per heavy atom. The molecular formula is C15H16ClNO4S2. The van der Waals surface area contributed by atoms with Crippen LogP contribution in [0.5, 0.6) is 11.5 Å². The topological polar surface area (TPSA) is 65.5 Å². The maximum atomic E-state index is 12.4. The van der Waals surface area contributed by atoms with Gasteiger partial charge in [-0.05, 0) is 24.6 Å². The van der Waals surface area contributed by atoms with Crippen LogP contribution in [0.1, 0.15) is 22.7 Å². The normalized spacial score (nSPS) is 14.5. The fourth-order valence-electron chi connectivity index (χ4n) is 2.37. The zero-order chi connectivity index (χ0) is 16.4. The maximum absolute atomic E-state index is 12.4. The smallest absolute Gasteiger partial charge is 0.179 e. The van der Waals surface area contributed by atoms with Crippen LogP contribution in [0.4, 0.5) is 0 Å². The lowest BCUT2D eigenvalue weighted by molar-refractivity contribution is 0.297. The Balaban J connectivity index is 1.82. The van der Waals surface area contributed by atoms with Crippen molar-refractivity contribution >= 4 is 32.8 Å². The van der Waals surface area contributed by atoms with Crippen LogP contribution in [0.2, 0.25) is 5.02 Å². The molecule has 0 N–H and O–H groups in total. The molecule has 0 saturated heterocycles. The van der Waals surface area contributed by atoms with Crippen LogP contribution < -0.4 is 9.47 Å². The van der Waals surface area contributed by atoms with Crippen LogP contribution in [-0.4, -0.2) is 26.6 Å². The summed E-state index contributed by atoms with van der Waals surface area (Å²) in [5, 5.41) is 3.00. The van der Waals surface area contributed by atoms with E-state index in [1.54, 1.807) is 17.5 Å². The molecule has 1 aromatic heterocycles. The molecule has 0 saturated carbocycles. The molecule has 0 radical (unpaired) electrons. The minimum Gasteiger partial charge on any atom is -0.489 e. The average molecular weight is 374 g/mol. The van der Waals surface area contributed by atoms with E-state index in [1.807, 2.05) is 6.92 Å². The Morgan fingerprint density at radius 3 is 2.78 bits per heavy atom. The third kappa shape index (κ3) is 4.16. The molecule has 23 heavy (non-hydrogen) atoms. The van der Waals surface area contributed by atoms with Crippen LogP contribution in [-0.2, 0) is 21.3 Å². The number of sulfone groups is 1. The van der Waals surface area contributed by atoms with Gasteiger partial charge in [-0.15, -0.1) is 11.3 Å². The number of thiazole rings is 1. The van der Waals surface area contributed by atoms with E-state index in [9.17, 15) is 8.42 Å². The van der Waals surface area contributed by atoms with E-state index in [1.165, 1.54) is 11.3 Å². The molecule has 124 valence electrons. The summed E-state index contributed by atoms with van der Waals surface area (Å²) in [5.74, 6) is 0.800. The van der Waals surface area contributed by atoms with Crippen LogP contribution in [0.15, 0.2) is 17.5 Å². The fraction of sp³-hybridized carbons (Fsp3) is 0.400. The van der Waals surface area contributed by atoms with E-state index in [0.29, 0.717) is 41.0 Å². The molecule has 1 aliphatic rings. The van der Waals surface area contributed by atoms with Gasteiger partial charge in [-0.2, -0.15) is 0 Å². The molecule has 1 aromatic carbocycles. The van der Waals surface area contributed by atoms with Crippen LogP contribution in [0.25, 0.3) is 0 Å². The first-order chi connectivity index (χ1) is 10.9. The highest BCUT2D eigenvalue weighted by molar-refractivity contribution is 7.89. The molecule has 2 heterocycles. The average Bonchev–Trinajstić information content (AvgIpc) is 2.72. The first-order valence-electron chi connectivity index (χ1n) is 7.12. The number of halogens is 1. The molecule has 0 spiro atoms. The zero-order valence-electron chi connectivity index (χ0n) is 12.5. The van der Waals surface area contributed by atoms with Gasteiger partial charge in [0.1, 0.15) is 0 Å². The molecule has 0 bridgehead atoms. The lowest BCUT2D eigenvalue weighted by Gasteiger charge is -2.11. The van der Waals surface area contributed by atoms with Crippen molar-refractivity contribution < 1.29 is 17.9 Å². The van der Waals surface area contributed by atoms with Gasteiger partial charge in [-0.1, -0.05) is 11.6 Å². The largest absolute Gasteiger partial charge is 0.489 e. The number of hydrogen-bond acceptors (Lipinski definition) is 6. The number of aryl methyl sites for hydroxylation is 1. The van der Waals surface area contributed by atoms with Crippen LogP contribution in [0.3, 0.4) is 0 Å². The molecule has 8 heteroatoms. The van der Waals surface area contributed by atoms with Crippen molar-refractivity contribution in [3.63, 3.8) is 0 Å². The lowest BCUT2D eigenvalue weighted by atomic mass is 10.2. The Bertz CT molecular complexity index is 817. The van der Waals surface area contributed by atoms with Crippen LogP contribution >= 0.6 is 22.9 Å². The Morgan fingerprint density at radius 2 is 2.04 bits per heavy atom. The highest BCUT2D eigenvalue weighted by Gasteiger charge is 2.20. The van der Waals surface area contributed by atoms with Crippen molar-refractivity contribution in [1.29, 1.82) is 0 Å². The minimum atomic E-state index is -3.34. The minimum absolute atomic E-state index is 0.0800. The van der Waals surface area contributed by atoms with Crippen molar-refractivity contribution in [2.45, 2.75) is 24.9 Å². The second-order valence-corrected chi connectivity index (χ2v) is 8.88. The van der Waals surface area contributed by atoms with Crippen LogP contribution in [0, 0.1) is 6.92 Å². The van der Waals surface area contributed by atoms with E-state index >= 15 is 0 Å². The van der Waals surface area contributed by atoms with Gasteiger partial charge in [0.2, 0.25) is 0 Å². The Labute approximate surface area is 144 Å². The van der Waals surface area contributed by atoms with Gasteiger partial charge >= 0.3 is 0 Å². The third-order valence-electron chi connectivity index (χ3n) is 3.28. The third-order valence-corrected chi connectivity index (χ3v) is 5.89. The molecule has 0 amide bonds. The van der Waals surface area contributed by atoms with E-state index in [-0.39, 0.29) is 11.5 Å². The number of fused-ring (bicyclic) bond motifs is 1. The maximum Gasteiger partial charge on any atom is 0.179 e. The standard InChI is InChI=1S/C15H16ClNO4S2/c1-10-17-12(7-22-10)9-23(18,19)8-11-5-13(16)15-14(6-11)20-3-2-4-21-15/h5-7H,2-4,8-9H2,1H3. The van der Waals surface area contributed by atoms with Gasteiger partial charge in [-0.3, -0.25) is 0 Å². The Hall–Kier alpha value is -1.31. The van der Waals surface area contributed by atoms with E-state index in [0.717, 1.165) is 11.4 Å². The predicted molar refractivity (Wildman–Crippen MR) is 90.2 cm³/mol. The van der Waals surface area contributed by atoms with E-state index in [4.69, 9.17) is 21.1 Å². The Kier molecular flexibility index (Phi) is 4.79. The van der Waals surface area contributed by atoms with Gasteiger partial charge < -0.3 is 9.47 Å². The summed E-state index contributed by atoms with van der Waals surface area (Å²) in [6.45, 7) is 2.91. The second-order valence-electron chi connectivity index (χ2n) is 5.35. The predicted octanol–water partition coefficient (Wildman–Crippen LogP) is 3.38. The van der Waals surface area contributed by atoms with Crippen molar-refractivity contribution in [1.82, 2.24) is 4.98 Å². The molecule has 0 unspecified atom stereocenters. The monoisotopic (exact) mass is 373 g/mol. The number of aromatic nitrogens is 1. The van der Waals surface area contributed by atoms with Gasteiger partial charge in [0, 0.05) is 11.8 Å². The molecule has 2 aromatic rings. The van der Waals surface area contributed by atoms with Gasteiger partial charge in [0.25, 0.3) is 0 Å². The molecular weight excluding hydrogens is 358 g/mol. The summed E-state index contributed by atoms with van der Waals surface area (Å²) in [4.78, 5) is 4.21.